The van der Waals surface area contributed by atoms with E-state index in [4.69, 9.17) is 0 Å². The van der Waals surface area contributed by atoms with E-state index in [2.05, 4.69) is 90.4 Å². The van der Waals surface area contributed by atoms with Crippen LogP contribution in [0, 0.1) is 0 Å². The minimum Gasteiger partial charge on any atom is -0.309 e. The number of benzene rings is 2. The first kappa shape index (κ1) is 18.7. The van der Waals surface area contributed by atoms with Crippen LogP contribution in [0.25, 0.3) is 0 Å². The topological polar surface area (TPSA) is 12.0 Å². The van der Waals surface area contributed by atoms with Crippen LogP contribution in [0.2, 0.25) is 0 Å². The second-order valence-electron chi connectivity index (χ2n) is 5.85. The molecular formula is C21H24ClNS. The largest absolute Gasteiger partial charge is 0.309 e. The summed E-state index contributed by atoms with van der Waals surface area (Å²) >= 11 is 1.82. The number of rotatable bonds is 7. The minimum atomic E-state index is 0. The summed E-state index contributed by atoms with van der Waals surface area (Å²) in [6.07, 6.45) is 1.10. The molecule has 1 unspecified atom stereocenters. The van der Waals surface area contributed by atoms with Crippen LogP contribution in [0.5, 0.6) is 0 Å². The molecule has 1 N–H and O–H groups in total. The monoisotopic (exact) mass is 357 g/mol. The molecule has 126 valence electrons. The van der Waals surface area contributed by atoms with Gasteiger partial charge in [-0.05, 0) is 42.5 Å². The number of halogens is 1. The Morgan fingerprint density at radius 3 is 1.92 bits per heavy atom. The second kappa shape index (κ2) is 9.63. The van der Waals surface area contributed by atoms with Crippen molar-refractivity contribution in [2.75, 3.05) is 6.54 Å². The van der Waals surface area contributed by atoms with Gasteiger partial charge in [0.25, 0.3) is 0 Å². The van der Waals surface area contributed by atoms with E-state index < -0.39 is 0 Å². The zero-order valence-corrected chi connectivity index (χ0v) is 15.5. The SMILES string of the molecule is CC(NCCC(c1ccccc1)c1ccccc1)c1cccs1.Cl. The molecule has 0 amide bonds. The van der Waals surface area contributed by atoms with Crippen molar-refractivity contribution in [3.8, 4) is 0 Å². The Morgan fingerprint density at radius 1 is 0.833 bits per heavy atom. The zero-order chi connectivity index (χ0) is 15.9. The molecule has 0 aliphatic carbocycles. The molecule has 0 radical (unpaired) electrons. The Balaban J connectivity index is 0.00000208. The van der Waals surface area contributed by atoms with Crippen molar-refractivity contribution >= 4 is 23.7 Å². The van der Waals surface area contributed by atoms with Gasteiger partial charge in [-0.1, -0.05) is 66.7 Å². The maximum absolute atomic E-state index is 3.67. The molecule has 2 aromatic carbocycles. The van der Waals surface area contributed by atoms with Crippen LogP contribution in [0.15, 0.2) is 78.2 Å². The summed E-state index contributed by atoms with van der Waals surface area (Å²) in [6, 6.07) is 26.4. The van der Waals surface area contributed by atoms with Gasteiger partial charge in [-0.25, -0.2) is 0 Å². The molecule has 0 aliphatic heterocycles. The summed E-state index contributed by atoms with van der Waals surface area (Å²) < 4.78 is 0. The molecule has 1 nitrogen and oxygen atoms in total. The van der Waals surface area contributed by atoms with E-state index >= 15 is 0 Å². The first-order valence-electron chi connectivity index (χ1n) is 8.21. The van der Waals surface area contributed by atoms with Gasteiger partial charge in [0, 0.05) is 16.8 Å². The normalized spacial score (nSPS) is 11.9. The van der Waals surface area contributed by atoms with Gasteiger partial charge in [0.15, 0.2) is 0 Å². The van der Waals surface area contributed by atoms with Crippen LogP contribution in [-0.2, 0) is 0 Å². The van der Waals surface area contributed by atoms with Gasteiger partial charge in [0.05, 0.1) is 0 Å². The molecular weight excluding hydrogens is 334 g/mol. The highest BCUT2D eigenvalue weighted by Crippen LogP contribution is 2.28. The molecule has 3 heteroatoms. The van der Waals surface area contributed by atoms with Crippen molar-refractivity contribution in [3.05, 3.63) is 94.2 Å². The Kier molecular flexibility index (Phi) is 7.51. The van der Waals surface area contributed by atoms with Gasteiger partial charge < -0.3 is 5.32 Å². The molecule has 0 bridgehead atoms. The second-order valence-corrected chi connectivity index (χ2v) is 6.83. The molecule has 0 saturated carbocycles. The number of hydrogen-bond donors (Lipinski definition) is 1. The van der Waals surface area contributed by atoms with Crippen molar-refractivity contribution in [1.29, 1.82) is 0 Å². The van der Waals surface area contributed by atoms with Crippen molar-refractivity contribution in [2.24, 2.45) is 0 Å². The molecule has 0 saturated heterocycles. The molecule has 0 aliphatic rings. The molecule has 3 aromatic rings. The lowest BCUT2D eigenvalue weighted by Gasteiger charge is -2.20. The van der Waals surface area contributed by atoms with Crippen LogP contribution < -0.4 is 5.32 Å². The molecule has 1 aromatic heterocycles. The van der Waals surface area contributed by atoms with E-state index in [0.29, 0.717) is 12.0 Å². The van der Waals surface area contributed by atoms with Gasteiger partial charge in [-0.3, -0.25) is 0 Å². The van der Waals surface area contributed by atoms with E-state index in [9.17, 15) is 0 Å². The van der Waals surface area contributed by atoms with Crippen molar-refractivity contribution < 1.29 is 0 Å². The highest BCUT2D eigenvalue weighted by Gasteiger charge is 2.14. The predicted octanol–water partition coefficient (Wildman–Crippen LogP) is 6.04. The quantitative estimate of drug-likeness (QED) is 0.543. The molecule has 0 spiro atoms. The smallest absolute Gasteiger partial charge is 0.0386 e. The number of nitrogens with one attached hydrogen (secondary N) is 1. The first-order chi connectivity index (χ1) is 11.3. The minimum absolute atomic E-state index is 0. The average molecular weight is 358 g/mol. The first-order valence-corrected chi connectivity index (χ1v) is 9.09. The number of thiophene rings is 1. The standard InChI is InChI=1S/C21H23NS.ClH/c1-17(21-13-8-16-23-21)22-15-14-20(18-9-4-2-5-10-18)19-11-6-3-7-12-19;/h2-13,16-17,20,22H,14-15H2,1H3;1H. The van der Waals surface area contributed by atoms with E-state index in [1.165, 1.54) is 16.0 Å². The maximum atomic E-state index is 3.67. The van der Waals surface area contributed by atoms with Gasteiger partial charge in [0.1, 0.15) is 0 Å². The molecule has 24 heavy (non-hydrogen) atoms. The summed E-state index contributed by atoms with van der Waals surface area (Å²) in [6.45, 7) is 3.25. The third-order valence-electron chi connectivity index (χ3n) is 4.26. The van der Waals surface area contributed by atoms with Gasteiger partial charge in [-0.2, -0.15) is 0 Å². The van der Waals surface area contributed by atoms with Gasteiger partial charge in [-0.15, -0.1) is 23.7 Å². The van der Waals surface area contributed by atoms with E-state index in [1.54, 1.807) is 0 Å². The summed E-state index contributed by atoms with van der Waals surface area (Å²) in [5.41, 5.74) is 2.79. The van der Waals surface area contributed by atoms with Crippen LogP contribution >= 0.6 is 23.7 Å². The predicted molar refractivity (Wildman–Crippen MR) is 107 cm³/mol. The van der Waals surface area contributed by atoms with Crippen molar-refractivity contribution in [3.63, 3.8) is 0 Å². The fraction of sp³-hybridized carbons (Fsp3) is 0.238. The van der Waals surface area contributed by atoms with Crippen LogP contribution in [0.3, 0.4) is 0 Å². The summed E-state index contributed by atoms with van der Waals surface area (Å²) in [5, 5.41) is 5.81. The van der Waals surface area contributed by atoms with E-state index in [1.807, 2.05) is 11.3 Å². The summed E-state index contributed by atoms with van der Waals surface area (Å²) in [5.74, 6) is 0.445. The summed E-state index contributed by atoms with van der Waals surface area (Å²) in [4.78, 5) is 1.40. The van der Waals surface area contributed by atoms with Gasteiger partial charge >= 0.3 is 0 Å². The number of hydrogen-bond acceptors (Lipinski definition) is 2. The Morgan fingerprint density at radius 2 is 1.42 bits per heavy atom. The fourth-order valence-electron chi connectivity index (χ4n) is 2.98. The Hall–Kier alpha value is -1.61. The van der Waals surface area contributed by atoms with Crippen LogP contribution in [0.1, 0.15) is 41.3 Å². The lowest BCUT2D eigenvalue weighted by molar-refractivity contribution is 0.546. The maximum Gasteiger partial charge on any atom is 0.0386 e. The Labute approximate surface area is 155 Å². The average Bonchev–Trinajstić information content (AvgIpc) is 3.15. The van der Waals surface area contributed by atoms with Gasteiger partial charge in [0.2, 0.25) is 0 Å². The van der Waals surface area contributed by atoms with E-state index in [0.717, 1.165) is 13.0 Å². The molecule has 1 atom stereocenters. The highest BCUT2D eigenvalue weighted by atomic mass is 35.5. The van der Waals surface area contributed by atoms with Crippen molar-refractivity contribution in [1.82, 2.24) is 5.32 Å². The molecule has 1 heterocycles. The lowest BCUT2D eigenvalue weighted by Crippen LogP contribution is -2.21. The third kappa shape index (κ3) is 4.94. The van der Waals surface area contributed by atoms with Crippen LogP contribution in [0.4, 0.5) is 0 Å². The highest BCUT2D eigenvalue weighted by molar-refractivity contribution is 7.10. The third-order valence-corrected chi connectivity index (χ3v) is 5.31. The fourth-order valence-corrected chi connectivity index (χ4v) is 3.74. The summed E-state index contributed by atoms with van der Waals surface area (Å²) in [7, 11) is 0. The van der Waals surface area contributed by atoms with E-state index in [-0.39, 0.29) is 12.4 Å². The lowest BCUT2D eigenvalue weighted by atomic mass is 9.88. The Bertz CT molecular complexity index is 643. The molecule has 0 fully saturated rings. The molecule has 3 rings (SSSR count). The van der Waals surface area contributed by atoms with Crippen molar-refractivity contribution in [2.45, 2.75) is 25.3 Å². The zero-order valence-electron chi connectivity index (χ0n) is 13.9. The van der Waals surface area contributed by atoms with Crippen LogP contribution in [-0.4, -0.2) is 6.54 Å².